The molecule has 0 unspecified atom stereocenters. The minimum Gasteiger partial charge on any atom is -0.441 e. The average molecular weight is 382 g/mol. The van der Waals surface area contributed by atoms with Crippen LogP contribution in [0.4, 0.5) is 0 Å². The molecule has 28 heavy (non-hydrogen) atoms. The second-order valence-electron chi connectivity index (χ2n) is 8.33. The number of nitrogens with zero attached hydrogens (tertiary/aromatic N) is 4. The van der Waals surface area contributed by atoms with Crippen molar-refractivity contribution >= 4 is 5.91 Å². The summed E-state index contributed by atoms with van der Waals surface area (Å²) in [4.78, 5) is 19.1. The fourth-order valence-corrected chi connectivity index (χ4v) is 3.71. The summed E-state index contributed by atoms with van der Waals surface area (Å²) in [6.45, 7) is 5.85. The molecule has 6 nitrogen and oxygen atoms in total. The Morgan fingerprint density at radius 3 is 2.89 bits per heavy atom. The lowest BCUT2D eigenvalue weighted by molar-refractivity contribution is -0.882. The molecule has 1 aliphatic heterocycles. The molecule has 1 fully saturated rings. The van der Waals surface area contributed by atoms with Crippen LogP contribution in [0.15, 0.2) is 28.7 Å². The second-order valence-corrected chi connectivity index (χ2v) is 8.33. The number of aryl methyl sites for hydroxylation is 2. The van der Waals surface area contributed by atoms with Crippen LogP contribution in [-0.4, -0.2) is 60.0 Å². The van der Waals surface area contributed by atoms with Crippen molar-refractivity contribution in [1.29, 1.82) is 5.26 Å². The molecule has 0 radical (unpaired) electrons. The summed E-state index contributed by atoms with van der Waals surface area (Å²) in [7, 11) is 4.10. The number of oxazole rings is 1. The number of hydrogen-bond acceptors (Lipinski definition) is 4. The van der Waals surface area contributed by atoms with Gasteiger partial charge in [-0.15, -0.1) is 0 Å². The Labute approximate surface area is 167 Å². The van der Waals surface area contributed by atoms with Crippen molar-refractivity contribution in [3.63, 3.8) is 0 Å². The smallest absolute Gasteiger partial charge is 0.278 e. The molecule has 1 aromatic carbocycles. The van der Waals surface area contributed by atoms with Gasteiger partial charge in [0.15, 0.2) is 6.54 Å². The van der Waals surface area contributed by atoms with E-state index >= 15 is 0 Å². The fourth-order valence-electron chi connectivity index (χ4n) is 3.71. The van der Waals surface area contributed by atoms with Gasteiger partial charge < -0.3 is 13.8 Å². The van der Waals surface area contributed by atoms with Crippen LogP contribution in [0.5, 0.6) is 0 Å². The molecule has 1 aromatic heterocycles. The van der Waals surface area contributed by atoms with Gasteiger partial charge >= 0.3 is 0 Å². The summed E-state index contributed by atoms with van der Waals surface area (Å²) in [6, 6.07) is 10.1. The first-order chi connectivity index (χ1) is 13.3. The van der Waals surface area contributed by atoms with Gasteiger partial charge in [0.1, 0.15) is 11.8 Å². The lowest BCUT2D eigenvalue weighted by atomic mass is 10.1. The van der Waals surface area contributed by atoms with Gasteiger partial charge in [-0.1, -0.05) is 17.7 Å². The van der Waals surface area contributed by atoms with Gasteiger partial charge in [-0.05, 0) is 38.8 Å². The topological polar surface area (TPSA) is 70.1 Å². The molecule has 0 N–H and O–H groups in total. The second kappa shape index (κ2) is 8.15. The summed E-state index contributed by atoms with van der Waals surface area (Å²) in [5.41, 5.74) is 3.09. The molecule has 0 bridgehead atoms. The summed E-state index contributed by atoms with van der Waals surface area (Å²) in [5, 5.41) is 9.21. The zero-order chi connectivity index (χ0) is 20.3. The van der Waals surface area contributed by atoms with E-state index in [1.54, 1.807) is 4.90 Å². The van der Waals surface area contributed by atoms with Crippen LogP contribution in [0.1, 0.15) is 29.9 Å². The molecule has 1 saturated heterocycles. The SMILES string of the molecule is Cc1cccc(-c2nc(CC[N+](C)(C)CC(=O)N3CCC[C@H]3C#N)c(C)o2)c1. The summed E-state index contributed by atoms with van der Waals surface area (Å²) < 4.78 is 6.44. The molecular weight excluding hydrogens is 352 g/mol. The maximum absolute atomic E-state index is 12.7. The lowest BCUT2D eigenvalue weighted by Gasteiger charge is -2.31. The number of aromatic nitrogens is 1. The van der Waals surface area contributed by atoms with Crippen LogP contribution in [-0.2, 0) is 11.2 Å². The highest BCUT2D eigenvalue weighted by atomic mass is 16.4. The number of carbonyl (C=O) groups excluding carboxylic acids is 1. The van der Waals surface area contributed by atoms with Gasteiger partial charge in [0.05, 0.1) is 32.4 Å². The molecule has 1 aliphatic rings. The minimum absolute atomic E-state index is 0.0615. The summed E-state index contributed by atoms with van der Waals surface area (Å²) in [5.74, 6) is 1.53. The third-order valence-electron chi connectivity index (χ3n) is 5.40. The van der Waals surface area contributed by atoms with Gasteiger partial charge in [-0.3, -0.25) is 4.79 Å². The van der Waals surface area contributed by atoms with E-state index in [1.165, 1.54) is 5.56 Å². The first-order valence-electron chi connectivity index (χ1n) is 9.83. The van der Waals surface area contributed by atoms with Crippen LogP contribution >= 0.6 is 0 Å². The van der Waals surface area contributed by atoms with Crippen molar-refractivity contribution in [2.45, 2.75) is 39.2 Å². The van der Waals surface area contributed by atoms with Gasteiger partial charge in [0.2, 0.25) is 5.89 Å². The van der Waals surface area contributed by atoms with Crippen LogP contribution in [0.2, 0.25) is 0 Å². The molecule has 6 heteroatoms. The fraction of sp³-hybridized carbons (Fsp3) is 0.500. The predicted octanol–water partition coefficient (Wildman–Crippen LogP) is 3.09. The van der Waals surface area contributed by atoms with Crippen molar-refractivity contribution < 1.29 is 13.7 Å². The lowest BCUT2D eigenvalue weighted by Crippen LogP contribution is -2.50. The van der Waals surface area contributed by atoms with Crippen LogP contribution in [0, 0.1) is 25.2 Å². The minimum atomic E-state index is -0.262. The number of amides is 1. The molecule has 2 aromatic rings. The third-order valence-corrected chi connectivity index (χ3v) is 5.40. The number of hydrogen-bond donors (Lipinski definition) is 0. The molecule has 3 rings (SSSR count). The predicted molar refractivity (Wildman–Crippen MR) is 107 cm³/mol. The largest absolute Gasteiger partial charge is 0.441 e. The van der Waals surface area contributed by atoms with E-state index in [0.29, 0.717) is 23.5 Å². The molecule has 2 heterocycles. The van der Waals surface area contributed by atoms with Gasteiger partial charge in [-0.2, -0.15) is 5.26 Å². The monoisotopic (exact) mass is 381 g/mol. The van der Waals surface area contributed by atoms with E-state index in [4.69, 9.17) is 9.40 Å². The van der Waals surface area contributed by atoms with Gasteiger partial charge in [-0.25, -0.2) is 4.98 Å². The molecule has 148 valence electrons. The standard InChI is InChI=1S/C22H29N4O2/c1-16-7-5-8-18(13-16)22-24-20(17(2)28-22)10-12-26(3,4)15-21(27)25-11-6-9-19(25)14-23/h5,7-8,13,19H,6,9-12,15H2,1-4H3/q+1/t19-/m0/s1. The number of carbonyl (C=O) groups is 1. The first-order valence-corrected chi connectivity index (χ1v) is 9.83. The highest BCUT2D eigenvalue weighted by Gasteiger charge is 2.32. The first kappa shape index (κ1) is 20.1. The molecule has 0 spiro atoms. The normalized spacial score (nSPS) is 17.0. The van der Waals surface area contributed by atoms with Gasteiger partial charge in [0, 0.05) is 18.5 Å². The molecular formula is C22H29N4O2+. The highest BCUT2D eigenvalue weighted by molar-refractivity contribution is 5.78. The van der Waals surface area contributed by atoms with Crippen LogP contribution < -0.4 is 0 Å². The maximum Gasteiger partial charge on any atom is 0.278 e. The van der Waals surface area contributed by atoms with Crippen LogP contribution in [0.3, 0.4) is 0 Å². The van der Waals surface area contributed by atoms with Crippen molar-refractivity contribution in [3.05, 3.63) is 41.3 Å². The van der Waals surface area contributed by atoms with E-state index in [2.05, 4.69) is 25.1 Å². The Balaban J connectivity index is 1.63. The van der Waals surface area contributed by atoms with E-state index in [0.717, 1.165) is 42.8 Å². The van der Waals surface area contributed by atoms with Crippen molar-refractivity contribution in [2.24, 2.45) is 0 Å². The molecule has 0 saturated carbocycles. The summed E-state index contributed by atoms with van der Waals surface area (Å²) in [6.07, 6.45) is 2.44. The number of quaternary nitrogens is 1. The average Bonchev–Trinajstić information content (AvgIpc) is 3.26. The Bertz CT molecular complexity index is 894. The third kappa shape index (κ3) is 4.60. The number of likely N-dealkylation sites (tertiary alicyclic amines) is 1. The maximum atomic E-state index is 12.7. The van der Waals surface area contributed by atoms with Crippen molar-refractivity contribution in [2.75, 3.05) is 33.7 Å². The Kier molecular flexibility index (Phi) is 5.85. The van der Waals surface area contributed by atoms with E-state index in [9.17, 15) is 10.1 Å². The Morgan fingerprint density at radius 2 is 2.18 bits per heavy atom. The number of benzene rings is 1. The zero-order valence-electron chi connectivity index (χ0n) is 17.2. The Hall–Kier alpha value is -2.65. The van der Waals surface area contributed by atoms with E-state index in [-0.39, 0.29) is 11.9 Å². The van der Waals surface area contributed by atoms with Crippen LogP contribution in [0.25, 0.3) is 11.5 Å². The quantitative estimate of drug-likeness (QED) is 0.721. The highest BCUT2D eigenvalue weighted by Crippen LogP contribution is 2.23. The van der Waals surface area contributed by atoms with Gasteiger partial charge in [0.25, 0.3) is 5.91 Å². The van der Waals surface area contributed by atoms with E-state index in [1.807, 2.05) is 33.2 Å². The van der Waals surface area contributed by atoms with Crippen molar-refractivity contribution in [1.82, 2.24) is 9.88 Å². The number of rotatable bonds is 6. The molecule has 1 atom stereocenters. The number of nitriles is 1. The van der Waals surface area contributed by atoms with Crippen molar-refractivity contribution in [3.8, 4) is 17.5 Å². The van der Waals surface area contributed by atoms with E-state index < -0.39 is 0 Å². The Morgan fingerprint density at radius 1 is 1.39 bits per heavy atom. The summed E-state index contributed by atoms with van der Waals surface area (Å²) >= 11 is 0. The molecule has 0 aliphatic carbocycles. The number of likely N-dealkylation sites (N-methyl/N-ethyl adjacent to an activating group) is 1. The molecule has 1 amide bonds. The zero-order valence-corrected chi connectivity index (χ0v) is 17.2.